The summed E-state index contributed by atoms with van der Waals surface area (Å²) in [7, 11) is 0. The quantitative estimate of drug-likeness (QED) is 0.745. The van der Waals surface area contributed by atoms with Gasteiger partial charge in [0, 0.05) is 11.6 Å². The lowest BCUT2D eigenvalue weighted by Gasteiger charge is -2.40. The van der Waals surface area contributed by atoms with Crippen molar-refractivity contribution in [2.24, 2.45) is 5.41 Å². The van der Waals surface area contributed by atoms with E-state index >= 15 is 0 Å². The minimum atomic E-state index is -1.23. The monoisotopic (exact) mass is 349 g/mol. The third-order valence-corrected chi connectivity index (χ3v) is 4.86. The van der Waals surface area contributed by atoms with Crippen molar-refractivity contribution in [2.45, 2.75) is 32.7 Å². The van der Waals surface area contributed by atoms with E-state index in [-0.39, 0.29) is 11.0 Å². The summed E-state index contributed by atoms with van der Waals surface area (Å²) in [5.74, 6) is -3.18. The van der Waals surface area contributed by atoms with Gasteiger partial charge in [-0.15, -0.1) is 0 Å². The summed E-state index contributed by atoms with van der Waals surface area (Å²) in [6.07, 6.45) is 0.329. The fourth-order valence-electron chi connectivity index (χ4n) is 3.43. The zero-order valence-corrected chi connectivity index (χ0v) is 13.9. The second-order valence-electron chi connectivity index (χ2n) is 7.03. The van der Waals surface area contributed by atoms with Crippen LogP contribution in [0.5, 0.6) is 0 Å². The molecule has 0 saturated carbocycles. The van der Waals surface area contributed by atoms with Gasteiger partial charge in [0.1, 0.15) is 5.82 Å². The molecule has 6 heteroatoms. The number of carbonyl (C=O) groups is 1. The number of fused-ring (bicyclic) bond motifs is 1. The second kappa shape index (κ2) is 6.10. The van der Waals surface area contributed by atoms with Crippen LogP contribution in [0.25, 0.3) is 11.1 Å². The van der Waals surface area contributed by atoms with Crippen molar-refractivity contribution in [2.75, 3.05) is 0 Å². The minimum absolute atomic E-state index is 0.0192. The van der Waals surface area contributed by atoms with Gasteiger partial charge in [-0.1, -0.05) is 32.0 Å². The van der Waals surface area contributed by atoms with Crippen molar-refractivity contribution in [1.82, 2.24) is 5.32 Å². The maximum absolute atomic E-state index is 14.0. The van der Waals surface area contributed by atoms with E-state index in [0.29, 0.717) is 18.1 Å². The molecular formula is C19H18F3NO2. The Morgan fingerprint density at radius 3 is 2.48 bits per heavy atom. The van der Waals surface area contributed by atoms with Crippen molar-refractivity contribution in [3.05, 3.63) is 58.9 Å². The maximum atomic E-state index is 14.0. The molecule has 0 aliphatic heterocycles. The Balaban J connectivity index is 2.06. The zero-order valence-electron chi connectivity index (χ0n) is 13.9. The van der Waals surface area contributed by atoms with E-state index in [9.17, 15) is 18.0 Å². The van der Waals surface area contributed by atoms with Crippen molar-refractivity contribution in [3.8, 4) is 11.1 Å². The van der Waals surface area contributed by atoms with Crippen LogP contribution in [-0.4, -0.2) is 11.2 Å². The highest BCUT2D eigenvalue weighted by Gasteiger charge is 2.37. The number of halogens is 3. The van der Waals surface area contributed by atoms with Gasteiger partial charge in [0.15, 0.2) is 11.6 Å². The van der Waals surface area contributed by atoms with Crippen molar-refractivity contribution in [1.29, 1.82) is 0 Å². The van der Waals surface area contributed by atoms with Crippen LogP contribution in [0.1, 0.15) is 37.4 Å². The normalized spacial score (nSPS) is 18.5. The van der Waals surface area contributed by atoms with E-state index in [4.69, 9.17) is 5.11 Å². The average molecular weight is 349 g/mol. The summed E-state index contributed by atoms with van der Waals surface area (Å²) in [5.41, 5.74) is 1.85. The van der Waals surface area contributed by atoms with E-state index in [1.165, 1.54) is 0 Å². The lowest BCUT2D eigenvalue weighted by atomic mass is 9.70. The molecule has 3 nitrogen and oxygen atoms in total. The van der Waals surface area contributed by atoms with Gasteiger partial charge in [-0.05, 0) is 41.0 Å². The molecule has 0 fully saturated rings. The first kappa shape index (κ1) is 17.3. The lowest BCUT2D eigenvalue weighted by molar-refractivity contribution is 0.161. The number of rotatable bonds is 2. The molecule has 25 heavy (non-hydrogen) atoms. The van der Waals surface area contributed by atoms with Crippen LogP contribution >= 0.6 is 0 Å². The highest BCUT2D eigenvalue weighted by atomic mass is 19.2. The largest absolute Gasteiger partial charge is 0.465 e. The van der Waals surface area contributed by atoms with Gasteiger partial charge in [-0.3, -0.25) is 0 Å². The number of nitrogens with one attached hydrogen (secondary N) is 1. The Morgan fingerprint density at radius 2 is 1.80 bits per heavy atom. The fraction of sp³-hybridized carbons (Fsp3) is 0.316. The van der Waals surface area contributed by atoms with Gasteiger partial charge in [0.2, 0.25) is 0 Å². The third-order valence-electron chi connectivity index (χ3n) is 4.86. The van der Waals surface area contributed by atoms with E-state index in [0.717, 1.165) is 23.6 Å². The number of benzene rings is 2. The number of carboxylic acid groups (broad SMARTS) is 1. The van der Waals surface area contributed by atoms with E-state index in [1.807, 2.05) is 13.8 Å². The first-order chi connectivity index (χ1) is 11.7. The summed E-state index contributed by atoms with van der Waals surface area (Å²) < 4.78 is 40.6. The van der Waals surface area contributed by atoms with Crippen LogP contribution in [0.15, 0.2) is 30.3 Å². The Hall–Kier alpha value is -2.50. The molecule has 0 heterocycles. The topological polar surface area (TPSA) is 49.3 Å². The molecule has 132 valence electrons. The van der Waals surface area contributed by atoms with E-state index in [2.05, 4.69) is 5.32 Å². The van der Waals surface area contributed by atoms with Crippen LogP contribution in [-0.2, 0) is 6.42 Å². The van der Waals surface area contributed by atoms with Gasteiger partial charge in [-0.2, -0.15) is 0 Å². The van der Waals surface area contributed by atoms with Crippen molar-refractivity contribution >= 4 is 6.09 Å². The van der Waals surface area contributed by atoms with Crippen LogP contribution in [0.2, 0.25) is 0 Å². The molecule has 0 aromatic heterocycles. The molecule has 0 spiro atoms. The second-order valence-corrected chi connectivity index (χ2v) is 7.03. The Morgan fingerprint density at radius 1 is 1.12 bits per heavy atom. The minimum Gasteiger partial charge on any atom is -0.465 e. The van der Waals surface area contributed by atoms with E-state index in [1.54, 1.807) is 18.2 Å². The summed E-state index contributed by atoms with van der Waals surface area (Å²) in [6.45, 7) is 3.97. The summed E-state index contributed by atoms with van der Waals surface area (Å²) in [5, 5.41) is 11.7. The van der Waals surface area contributed by atoms with E-state index < -0.39 is 29.6 Å². The molecule has 0 radical (unpaired) electrons. The average Bonchev–Trinajstić information content (AvgIpc) is 2.53. The Bertz CT molecular complexity index is 849. The van der Waals surface area contributed by atoms with Gasteiger partial charge >= 0.3 is 6.09 Å². The molecule has 0 bridgehead atoms. The number of hydrogen-bond acceptors (Lipinski definition) is 1. The smallest absolute Gasteiger partial charge is 0.405 e. The van der Waals surface area contributed by atoms with Gasteiger partial charge in [0.05, 0.1) is 6.04 Å². The summed E-state index contributed by atoms with van der Waals surface area (Å²) in [4.78, 5) is 11.1. The first-order valence-corrected chi connectivity index (χ1v) is 7.96. The maximum Gasteiger partial charge on any atom is 0.405 e. The number of hydrogen-bond donors (Lipinski definition) is 2. The molecule has 1 atom stereocenters. The lowest BCUT2D eigenvalue weighted by Crippen LogP contribution is -2.40. The van der Waals surface area contributed by atoms with Crippen LogP contribution in [0.3, 0.4) is 0 Å². The molecule has 1 aliphatic carbocycles. The fourth-order valence-corrected chi connectivity index (χ4v) is 3.43. The van der Waals surface area contributed by atoms with Gasteiger partial charge in [-0.25, -0.2) is 18.0 Å². The van der Waals surface area contributed by atoms with Crippen LogP contribution in [0, 0.1) is 22.9 Å². The molecule has 2 aromatic rings. The van der Waals surface area contributed by atoms with Crippen molar-refractivity contribution in [3.63, 3.8) is 0 Å². The van der Waals surface area contributed by atoms with Crippen LogP contribution in [0.4, 0.5) is 18.0 Å². The summed E-state index contributed by atoms with van der Waals surface area (Å²) in [6, 6.07) is 6.03. The standard InChI is InChI=1S/C19H18F3NO2/c1-19(2)6-5-11-7-10(3-4-12(11)17(19)23-18(24)25)13-8-15(21)16(22)9-14(13)20/h3-4,7-9,17,23H,5-6H2,1-2H3,(H,24,25)/t17-/m1/s1. The van der Waals surface area contributed by atoms with Crippen LogP contribution < -0.4 is 5.32 Å². The molecule has 0 saturated heterocycles. The Labute approximate surface area is 143 Å². The summed E-state index contributed by atoms with van der Waals surface area (Å²) >= 11 is 0. The SMILES string of the molecule is CC1(C)CCc2cc(-c3cc(F)c(F)cc3F)ccc2[C@H]1NC(=O)O. The molecule has 3 rings (SSSR count). The molecule has 0 unspecified atom stereocenters. The first-order valence-electron chi connectivity index (χ1n) is 7.96. The molecule has 2 N–H and O–H groups in total. The predicted octanol–water partition coefficient (Wildman–Crippen LogP) is 5.05. The number of aryl methyl sites for hydroxylation is 1. The Kier molecular flexibility index (Phi) is 4.22. The predicted molar refractivity (Wildman–Crippen MR) is 87.8 cm³/mol. The third kappa shape index (κ3) is 3.21. The zero-order chi connectivity index (χ0) is 18.4. The molecule has 1 aliphatic rings. The van der Waals surface area contributed by atoms with Gasteiger partial charge < -0.3 is 10.4 Å². The highest BCUT2D eigenvalue weighted by Crippen LogP contribution is 2.44. The molecular weight excluding hydrogens is 331 g/mol. The molecule has 1 amide bonds. The highest BCUT2D eigenvalue weighted by molar-refractivity contribution is 5.68. The number of amides is 1. The molecule has 2 aromatic carbocycles. The van der Waals surface area contributed by atoms with Gasteiger partial charge in [0.25, 0.3) is 0 Å². The van der Waals surface area contributed by atoms with Crippen molar-refractivity contribution < 1.29 is 23.1 Å².